The first-order chi connectivity index (χ1) is 36.6. The van der Waals surface area contributed by atoms with E-state index in [1.54, 1.807) is 0 Å². The number of aromatic nitrogens is 4. The zero-order valence-corrected chi connectivity index (χ0v) is 49.0. The summed E-state index contributed by atoms with van der Waals surface area (Å²) < 4.78 is 62.6. The van der Waals surface area contributed by atoms with Gasteiger partial charge in [-0.15, -0.1) is 0 Å². The molecule has 3 heterocycles. The molecule has 0 aliphatic carbocycles. The molecule has 0 spiro atoms. The van der Waals surface area contributed by atoms with E-state index >= 15 is 0 Å². The Labute approximate surface area is 458 Å². The molecule has 2 unspecified atom stereocenters. The second-order valence-corrected chi connectivity index (χ2v) is 25.9. The van der Waals surface area contributed by atoms with Gasteiger partial charge in [-0.25, -0.2) is 28.6 Å². The highest BCUT2D eigenvalue weighted by Gasteiger charge is 2.50. The first-order valence-corrected chi connectivity index (χ1v) is 33.1. The molecule has 0 saturated carbocycles. The molecule has 0 radical (unpaired) electrons. The lowest BCUT2D eigenvalue weighted by Gasteiger charge is -2.30. The number of hydrogen-bond donors (Lipinski definition) is 9. The van der Waals surface area contributed by atoms with Crippen molar-refractivity contribution in [3.8, 4) is 0 Å². The molecule has 7 atom stereocenters. The predicted octanol–water partition coefficient (Wildman–Crippen LogP) is 8.83. The Morgan fingerprint density at radius 3 is 1.77 bits per heavy atom. The molecule has 10 N–H and O–H groups in total. The molecule has 1 fully saturated rings. The van der Waals surface area contributed by atoms with Crippen LogP contribution in [0.5, 0.6) is 0 Å². The second-order valence-electron chi connectivity index (χ2n) is 20.5. The SMILES string of the molecule is CCCCCCCCCCCCCCCCCCCCCCCCCCCC(=O)SCCNC(=O)CCNC(=O)[C@H](O)C(C)(C)COP(=O)(O)OP(=O)(O)OC[C@H]1O[C@@H](n2cnc3c(N)ncnc32)[C@H](O)[C@@H]1OP(=O)(O)O. The van der Waals surface area contributed by atoms with Crippen molar-refractivity contribution in [2.24, 2.45) is 5.41 Å². The number of carbonyl (C=O) groups excluding carboxylic acids is 3. The summed E-state index contributed by atoms with van der Waals surface area (Å²) in [5, 5.41) is 26.8. The van der Waals surface area contributed by atoms with Gasteiger partial charge in [0.2, 0.25) is 11.8 Å². The maximum atomic E-state index is 12.8. The number of ether oxygens (including phenoxy) is 1. The van der Waals surface area contributed by atoms with Crippen molar-refractivity contribution < 1.29 is 80.5 Å². The van der Waals surface area contributed by atoms with E-state index in [-0.39, 0.29) is 41.6 Å². The lowest BCUT2D eigenvalue weighted by molar-refractivity contribution is -0.137. The number of nitrogens with zero attached hydrogens (tertiary/aromatic N) is 4. The number of carbonyl (C=O) groups is 3. The molecule has 0 aromatic carbocycles. The van der Waals surface area contributed by atoms with Crippen LogP contribution in [-0.4, -0.2) is 123 Å². The van der Waals surface area contributed by atoms with E-state index in [1.807, 2.05) is 0 Å². The van der Waals surface area contributed by atoms with Gasteiger partial charge in [-0.3, -0.25) is 32.5 Å². The van der Waals surface area contributed by atoms with Gasteiger partial charge < -0.3 is 50.9 Å². The van der Waals surface area contributed by atoms with E-state index in [0.717, 1.165) is 48.2 Å². The number of rotatable bonds is 45. The fraction of sp³-hybridized carbons (Fsp3) is 0.837. The van der Waals surface area contributed by atoms with Crippen molar-refractivity contribution >= 4 is 69.1 Å². The smallest absolute Gasteiger partial charge is 0.386 e. The van der Waals surface area contributed by atoms with Gasteiger partial charge in [0.15, 0.2) is 22.8 Å². The number of thioether (sulfide) groups is 1. The number of anilines is 1. The summed E-state index contributed by atoms with van der Waals surface area (Å²) in [7, 11) is -16.4. The summed E-state index contributed by atoms with van der Waals surface area (Å²) in [6.07, 6.45) is 26.7. The third-order valence-electron chi connectivity index (χ3n) is 13.2. The van der Waals surface area contributed by atoms with Crippen molar-refractivity contribution in [3.63, 3.8) is 0 Å². The van der Waals surface area contributed by atoms with E-state index in [0.29, 0.717) is 12.2 Å². The molecular formula is C49H90N7O17P3S. The van der Waals surface area contributed by atoms with Crippen molar-refractivity contribution in [3.05, 3.63) is 12.7 Å². The third kappa shape index (κ3) is 28.7. The van der Waals surface area contributed by atoms with E-state index in [9.17, 15) is 57.9 Å². The summed E-state index contributed by atoms with van der Waals surface area (Å²) in [6, 6.07) is 0. The Hall–Kier alpha value is -2.44. The molecular weight excluding hydrogens is 1080 g/mol. The largest absolute Gasteiger partial charge is 0.481 e. The first-order valence-electron chi connectivity index (χ1n) is 27.6. The summed E-state index contributed by atoms with van der Waals surface area (Å²) in [6.45, 7) is 2.87. The molecule has 3 rings (SSSR count). The number of nitrogens with one attached hydrogen (secondary N) is 2. The number of phosphoric ester groups is 3. The molecule has 24 nitrogen and oxygen atoms in total. The van der Waals surface area contributed by atoms with Gasteiger partial charge in [0, 0.05) is 37.1 Å². The second kappa shape index (κ2) is 36.8. The number of unbranched alkanes of at least 4 members (excludes halogenated alkanes) is 24. The monoisotopic (exact) mass is 1170 g/mol. The number of aliphatic hydroxyl groups is 2. The molecule has 2 amide bonds. The van der Waals surface area contributed by atoms with Crippen molar-refractivity contribution in [1.29, 1.82) is 0 Å². The predicted molar refractivity (Wildman–Crippen MR) is 293 cm³/mol. The van der Waals surface area contributed by atoms with Crippen LogP contribution in [0.4, 0.5) is 5.82 Å². The minimum atomic E-state index is -5.58. The van der Waals surface area contributed by atoms with E-state index in [4.69, 9.17) is 19.5 Å². The Bertz CT molecular complexity index is 2180. The number of nitrogen functional groups attached to an aromatic ring is 1. The Morgan fingerprint density at radius 1 is 0.740 bits per heavy atom. The third-order valence-corrected chi connectivity index (χ3v) is 17.3. The molecule has 1 aliphatic rings. The summed E-state index contributed by atoms with van der Waals surface area (Å²) in [5.41, 5.74) is 4.30. The molecule has 77 heavy (non-hydrogen) atoms. The highest BCUT2D eigenvalue weighted by atomic mass is 32.2. The molecule has 2 aromatic rings. The van der Waals surface area contributed by atoms with Crippen LogP contribution < -0.4 is 16.4 Å². The van der Waals surface area contributed by atoms with Crippen LogP contribution in [-0.2, 0) is 50.7 Å². The van der Waals surface area contributed by atoms with Gasteiger partial charge in [0.05, 0.1) is 19.5 Å². The van der Waals surface area contributed by atoms with Gasteiger partial charge >= 0.3 is 23.5 Å². The van der Waals surface area contributed by atoms with Crippen LogP contribution in [0.1, 0.15) is 200 Å². The lowest BCUT2D eigenvalue weighted by Crippen LogP contribution is -2.46. The van der Waals surface area contributed by atoms with Gasteiger partial charge in [-0.1, -0.05) is 187 Å². The molecule has 1 saturated heterocycles. The van der Waals surface area contributed by atoms with E-state index in [1.165, 1.54) is 155 Å². The molecule has 444 valence electrons. The zero-order chi connectivity index (χ0) is 56.7. The molecule has 28 heteroatoms. The quantitative estimate of drug-likeness (QED) is 0.0221. The maximum absolute atomic E-state index is 12.8. The van der Waals surface area contributed by atoms with Gasteiger partial charge in [-0.05, 0) is 6.42 Å². The van der Waals surface area contributed by atoms with Gasteiger partial charge in [0.1, 0.15) is 36.3 Å². The number of aliphatic hydroxyl groups excluding tert-OH is 2. The minimum absolute atomic E-state index is 0.0349. The summed E-state index contributed by atoms with van der Waals surface area (Å²) >= 11 is 1.16. The number of imidazole rings is 1. The average Bonchev–Trinajstić information content (AvgIpc) is 3.96. The number of fused-ring (bicyclic) bond motifs is 1. The normalized spacial score (nSPS) is 19.0. The summed E-state index contributed by atoms with van der Waals surface area (Å²) in [5.74, 6) is -1.01. The molecule has 2 aromatic heterocycles. The zero-order valence-electron chi connectivity index (χ0n) is 45.5. The van der Waals surface area contributed by atoms with Crippen LogP contribution in [0.25, 0.3) is 11.2 Å². The fourth-order valence-corrected chi connectivity index (χ4v) is 12.3. The minimum Gasteiger partial charge on any atom is -0.386 e. The number of hydrogen-bond acceptors (Lipinski definition) is 18. The van der Waals surface area contributed by atoms with Crippen LogP contribution in [0, 0.1) is 5.41 Å². The van der Waals surface area contributed by atoms with E-state index in [2.05, 4.69) is 41.3 Å². The fourth-order valence-electron chi connectivity index (χ4n) is 8.78. The first kappa shape index (κ1) is 68.8. The molecule has 1 aliphatic heterocycles. The van der Waals surface area contributed by atoms with Crippen molar-refractivity contribution in [2.45, 2.75) is 225 Å². The maximum Gasteiger partial charge on any atom is 0.481 e. The number of phosphoric acid groups is 3. The Morgan fingerprint density at radius 2 is 1.25 bits per heavy atom. The highest BCUT2D eigenvalue weighted by Crippen LogP contribution is 2.61. The Kier molecular flexibility index (Phi) is 32.9. The highest BCUT2D eigenvalue weighted by molar-refractivity contribution is 8.13. The van der Waals surface area contributed by atoms with Crippen LogP contribution in [0.3, 0.4) is 0 Å². The van der Waals surface area contributed by atoms with Crippen molar-refractivity contribution in [2.75, 3.05) is 37.8 Å². The molecule has 0 bridgehead atoms. The van der Waals surface area contributed by atoms with E-state index < -0.39 is 84.6 Å². The lowest BCUT2D eigenvalue weighted by atomic mass is 9.87. The Balaban J connectivity index is 1.18. The van der Waals surface area contributed by atoms with Gasteiger partial charge in [-0.2, -0.15) is 4.31 Å². The van der Waals surface area contributed by atoms with Crippen LogP contribution in [0.15, 0.2) is 12.7 Å². The summed E-state index contributed by atoms with van der Waals surface area (Å²) in [4.78, 5) is 88.7. The standard InChI is InChI=1S/C49H90N7O17P3S/c1-4-5-6-7-8-9-10-11-12-13-14-15-16-17-18-19-20-21-22-23-24-25-26-27-28-29-40(58)77-33-32-51-39(57)30-31-52-47(61)44(60)49(2,3)35-70-76(67,68)73-75(65,66)69-34-38-43(72-74(62,63)64)42(59)48(71-38)56-37-55-41-45(50)53-36-54-46(41)56/h36-38,42-44,48,59-60H,4-35H2,1-3H3,(H,51,57)(H,52,61)(H,65,66)(H,67,68)(H2,50,53,54)(H2,62,63,64)/t38-,42-,43-,44+,48-/m1/s1. The van der Waals surface area contributed by atoms with Crippen LogP contribution in [0.2, 0.25) is 0 Å². The number of amides is 2. The van der Waals surface area contributed by atoms with Crippen LogP contribution >= 0.6 is 35.2 Å². The average molecular weight is 1170 g/mol. The topological polar surface area (TPSA) is 364 Å². The number of nitrogens with two attached hydrogens (primary N) is 1. The van der Waals surface area contributed by atoms with Gasteiger partial charge in [0.25, 0.3) is 0 Å². The van der Waals surface area contributed by atoms with Crippen molar-refractivity contribution in [1.82, 2.24) is 30.2 Å².